The van der Waals surface area contributed by atoms with Gasteiger partial charge in [0.25, 0.3) is 0 Å². The molecular weight excluding hydrogens is 184 g/mol. The first kappa shape index (κ1) is 13.0. The third-order valence-electron chi connectivity index (χ3n) is 3.67. The summed E-state index contributed by atoms with van der Waals surface area (Å²) in [4.78, 5) is 0. The maximum absolute atomic E-state index is 5.44. The summed E-state index contributed by atoms with van der Waals surface area (Å²) in [6, 6.07) is 0. The lowest BCUT2D eigenvalue weighted by Gasteiger charge is -2.06. The minimum Gasteiger partial charge on any atom is -0.330 e. The van der Waals surface area contributed by atoms with Gasteiger partial charge in [-0.05, 0) is 50.2 Å². The second-order valence-corrected chi connectivity index (χ2v) is 5.65. The molecule has 0 bridgehead atoms. The van der Waals surface area contributed by atoms with Crippen LogP contribution in [0.3, 0.4) is 0 Å². The van der Waals surface area contributed by atoms with Gasteiger partial charge in [-0.1, -0.05) is 33.1 Å². The molecule has 0 radical (unpaired) electrons. The average molecular weight is 212 g/mol. The molecule has 0 aliphatic heterocycles. The van der Waals surface area contributed by atoms with Gasteiger partial charge in [0.1, 0.15) is 0 Å². The predicted molar refractivity (Wildman–Crippen MR) is 66.9 cm³/mol. The largest absolute Gasteiger partial charge is 0.330 e. The second-order valence-electron chi connectivity index (χ2n) is 5.65. The summed E-state index contributed by atoms with van der Waals surface area (Å²) in [6.07, 6.45) is 7.97. The summed E-state index contributed by atoms with van der Waals surface area (Å²) in [6.45, 7) is 8.03. The molecule has 0 spiro atoms. The van der Waals surface area contributed by atoms with Crippen LogP contribution in [0, 0.1) is 11.3 Å². The molecule has 0 amide bonds. The van der Waals surface area contributed by atoms with Gasteiger partial charge in [-0.3, -0.25) is 0 Å². The summed E-state index contributed by atoms with van der Waals surface area (Å²) < 4.78 is 0. The Bertz CT molecular complexity index is 166. The minimum absolute atomic E-state index is 0.633. The summed E-state index contributed by atoms with van der Waals surface area (Å²) >= 11 is 0. The summed E-state index contributed by atoms with van der Waals surface area (Å²) in [5.41, 5.74) is 6.08. The zero-order valence-corrected chi connectivity index (χ0v) is 10.5. The van der Waals surface area contributed by atoms with Crippen molar-refractivity contribution in [2.24, 2.45) is 17.1 Å². The molecule has 0 aromatic carbocycles. The maximum Gasteiger partial charge on any atom is -0.00152 e. The molecule has 1 saturated carbocycles. The van der Waals surface area contributed by atoms with Gasteiger partial charge in [-0.25, -0.2) is 0 Å². The Hall–Kier alpha value is -0.0800. The van der Waals surface area contributed by atoms with Crippen LogP contribution in [0.15, 0.2) is 0 Å². The van der Waals surface area contributed by atoms with Gasteiger partial charge in [-0.15, -0.1) is 0 Å². The van der Waals surface area contributed by atoms with Crippen molar-refractivity contribution in [1.29, 1.82) is 0 Å². The van der Waals surface area contributed by atoms with E-state index in [1.165, 1.54) is 51.6 Å². The molecule has 1 aliphatic carbocycles. The Morgan fingerprint density at radius 3 is 2.33 bits per heavy atom. The van der Waals surface area contributed by atoms with E-state index in [0.717, 1.165) is 12.5 Å². The summed E-state index contributed by atoms with van der Waals surface area (Å²) in [5, 5.41) is 3.57. The highest BCUT2D eigenvalue weighted by molar-refractivity contribution is 4.95. The Morgan fingerprint density at radius 1 is 1.13 bits per heavy atom. The first-order chi connectivity index (χ1) is 7.17. The lowest BCUT2D eigenvalue weighted by Crippen LogP contribution is -2.19. The van der Waals surface area contributed by atoms with Crippen molar-refractivity contribution in [2.75, 3.05) is 19.6 Å². The zero-order chi connectivity index (χ0) is 11.1. The molecule has 0 aromatic rings. The standard InChI is InChI=1S/C13H28N2/c1-13(2)10-12(13)11-15-9-7-5-3-4-6-8-14/h12,15H,3-11,14H2,1-2H3. The van der Waals surface area contributed by atoms with E-state index in [4.69, 9.17) is 5.73 Å². The van der Waals surface area contributed by atoms with Crippen LogP contribution in [0.4, 0.5) is 0 Å². The molecular formula is C13H28N2. The topological polar surface area (TPSA) is 38.0 Å². The Morgan fingerprint density at radius 2 is 1.73 bits per heavy atom. The first-order valence-electron chi connectivity index (χ1n) is 6.57. The zero-order valence-electron chi connectivity index (χ0n) is 10.5. The van der Waals surface area contributed by atoms with Crippen LogP contribution in [-0.4, -0.2) is 19.6 Å². The molecule has 1 atom stereocenters. The predicted octanol–water partition coefficient (Wildman–Crippen LogP) is 2.53. The van der Waals surface area contributed by atoms with Crippen LogP contribution >= 0.6 is 0 Å². The fourth-order valence-corrected chi connectivity index (χ4v) is 2.13. The lowest BCUT2D eigenvalue weighted by atomic mass is 10.1. The van der Waals surface area contributed by atoms with Crippen molar-refractivity contribution in [2.45, 2.75) is 52.4 Å². The highest BCUT2D eigenvalue weighted by Gasteiger charge is 2.44. The number of hydrogen-bond donors (Lipinski definition) is 2. The third-order valence-corrected chi connectivity index (χ3v) is 3.67. The molecule has 0 aromatic heterocycles. The van der Waals surface area contributed by atoms with Gasteiger partial charge in [0.05, 0.1) is 0 Å². The van der Waals surface area contributed by atoms with Crippen molar-refractivity contribution in [1.82, 2.24) is 5.32 Å². The SMILES string of the molecule is CC1(C)CC1CNCCCCCCCN. The first-order valence-corrected chi connectivity index (χ1v) is 6.57. The van der Waals surface area contributed by atoms with Crippen molar-refractivity contribution >= 4 is 0 Å². The average Bonchev–Trinajstić information content (AvgIpc) is 2.79. The van der Waals surface area contributed by atoms with E-state index in [0.29, 0.717) is 5.41 Å². The van der Waals surface area contributed by atoms with Crippen LogP contribution in [0.25, 0.3) is 0 Å². The van der Waals surface area contributed by atoms with Crippen molar-refractivity contribution < 1.29 is 0 Å². The second kappa shape index (κ2) is 6.49. The monoisotopic (exact) mass is 212 g/mol. The fraction of sp³-hybridized carbons (Fsp3) is 1.00. The molecule has 0 heterocycles. The molecule has 2 heteroatoms. The van der Waals surface area contributed by atoms with E-state index >= 15 is 0 Å². The smallest absolute Gasteiger partial charge is 0.00152 e. The van der Waals surface area contributed by atoms with Gasteiger partial charge in [0.15, 0.2) is 0 Å². The number of unbranched alkanes of at least 4 members (excludes halogenated alkanes) is 4. The van der Waals surface area contributed by atoms with Crippen molar-refractivity contribution in [3.63, 3.8) is 0 Å². The third kappa shape index (κ3) is 5.53. The van der Waals surface area contributed by atoms with E-state index < -0.39 is 0 Å². The van der Waals surface area contributed by atoms with E-state index in [1.54, 1.807) is 0 Å². The van der Waals surface area contributed by atoms with Crippen LogP contribution in [0.2, 0.25) is 0 Å². The van der Waals surface area contributed by atoms with E-state index in [-0.39, 0.29) is 0 Å². The Labute approximate surface area is 95.0 Å². The molecule has 90 valence electrons. The molecule has 1 unspecified atom stereocenters. The molecule has 1 rings (SSSR count). The number of nitrogens with one attached hydrogen (secondary N) is 1. The van der Waals surface area contributed by atoms with Crippen LogP contribution < -0.4 is 11.1 Å². The molecule has 2 nitrogen and oxygen atoms in total. The van der Waals surface area contributed by atoms with Gasteiger partial charge in [0, 0.05) is 0 Å². The summed E-state index contributed by atoms with van der Waals surface area (Å²) in [5.74, 6) is 0.940. The molecule has 15 heavy (non-hydrogen) atoms. The van der Waals surface area contributed by atoms with Gasteiger partial charge >= 0.3 is 0 Å². The molecule has 0 saturated heterocycles. The Kier molecular flexibility index (Phi) is 5.62. The van der Waals surface area contributed by atoms with Gasteiger partial charge < -0.3 is 11.1 Å². The lowest BCUT2D eigenvalue weighted by molar-refractivity contribution is 0.506. The van der Waals surface area contributed by atoms with E-state index in [1.807, 2.05) is 0 Å². The van der Waals surface area contributed by atoms with Crippen molar-refractivity contribution in [3.05, 3.63) is 0 Å². The highest BCUT2D eigenvalue weighted by Crippen LogP contribution is 2.50. The fourth-order valence-electron chi connectivity index (χ4n) is 2.13. The van der Waals surface area contributed by atoms with Crippen LogP contribution in [0.5, 0.6) is 0 Å². The number of hydrogen-bond acceptors (Lipinski definition) is 2. The normalized spacial score (nSPS) is 23.0. The summed E-state index contributed by atoms with van der Waals surface area (Å²) in [7, 11) is 0. The number of nitrogens with two attached hydrogens (primary N) is 1. The van der Waals surface area contributed by atoms with Gasteiger partial charge in [0.2, 0.25) is 0 Å². The van der Waals surface area contributed by atoms with E-state index in [2.05, 4.69) is 19.2 Å². The maximum atomic E-state index is 5.44. The van der Waals surface area contributed by atoms with Gasteiger partial charge in [-0.2, -0.15) is 0 Å². The quantitative estimate of drug-likeness (QED) is 0.576. The van der Waals surface area contributed by atoms with Crippen molar-refractivity contribution in [3.8, 4) is 0 Å². The highest BCUT2D eigenvalue weighted by atomic mass is 14.9. The van der Waals surface area contributed by atoms with Crippen LogP contribution in [0.1, 0.15) is 52.4 Å². The Balaban J connectivity index is 1.74. The molecule has 1 fully saturated rings. The molecule has 1 aliphatic rings. The number of rotatable bonds is 9. The molecule has 3 N–H and O–H groups in total. The van der Waals surface area contributed by atoms with E-state index in [9.17, 15) is 0 Å². The minimum atomic E-state index is 0.633. The van der Waals surface area contributed by atoms with Crippen LogP contribution in [-0.2, 0) is 0 Å².